The second-order valence-electron chi connectivity index (χ2n) is 14.0. The predicted octanol–water partition coefficient (Wildman–Crippen LogP) is 8.10. The molecule has 1 unspecified atom stereocenters. The number of aliphatic hydroxyl groups excluding tert-OH is 1. The van der Waals surface area contributed by atoms with Crippen molar-refractivity contribution in [3.05, 3.63) is 11.1 Å². The van der Waals surface area contributed by atoms with Crippen molar-refractivity contribution in [2.24, 2.45) is 46.3 Å². The van der Waals surface area contributed by atoms with Gasteiger partial charge in [0.05, 0.1) is 6.10 Å². The second-order valence-corrected chi connectivity index (χ2v) is 14.0. The van der Waals surface area contributed by atoms with Crippen LogP contribution < -0.4 is 0 Å². The summed E-state index contributed by atoms with van der Waals surface area (Å²) in [6.45, 7) is 20.7. The molecule has 2 heteroatoms. The summed E-state index contributed by atoms with van der Waals surface area (Å²) in [5.74, 6) is 5.31. The van der Waals surface area contributed by atoms with Crippen molar-refractivity contribution >= 4 is 0 Å². The molecule has 1 N–H and O–H groups in total. The Labute approximate surface area is 212 Å². The second kappa shape index (κ2) is 10.6. The molecule has 0 radical (unpaired) electrons. The van der Waals surface area contributed by atoms with Gasteiger partial charge in [-0.05, 0) is 111 Å². The van der Waals surface area contributed by atoms with Crippen LogP contribution >= 0.6 is 0 Å². The van der Waals surface area contributed by atoms with Gasteiger partial charge in [-0.2, -0.15) is 0 Å². The van der Waals surface area contributed by atoms with Gasteiger partial charge in [0, 0.05) is 6.54 Å². The maximum atomic E-state index is 10.7. The van der Waals surface area contributed by atoms with Gasteiger partial charge in [-0.15, -0.1) is 0 Å². The Hall–Kier alpha value is -0.340. The van der Waals surface area contributed by atoms with Crippen molar-refractivity contribution in [2.75, 3.05) is 19.6 Å². The minimum absolute atomic E-state index is 0.109. The van der Waals surface area contributed by atoms with E-state index in [9.17, 15) is 5.11 Å². The number of fused-ring (bicyclic) bond motifs is 5. The maximum Gasteiger partial charge on any atom is 0.0578 e. The van der Waals surface area contributed by atoms with Crippen molar-refractivity contribution < 1.29 is 5.11 Å². The van der Waals surface area contributed by atoms with E-state index in [4.69, 9.17) is 0 Å². The fourth-order valence-electron chi connectivity index (χ4n) is 9.82. The number of nitrogens with zero attached hydrogens (tertiary/aromatic N) is 1. The van der Waals surface area contributed by atoms with Crippen LogP contribution in [-0.2, 0) is 0 Å². The Bertz CT molecular complexity index is 723. The number of likely N-dealkylation sites (N-methyl/N-ethyl adjacent to an activating group) is 1. The van der Waals surface area contributed by atoms with E-state index in [2.05, 4.69) is 53.4 Å². The quantitative estimate of drug-likeness (QED) is 0.343. The molecule has 3 saturated carbocycles. The predicted molar refractivity (Wildman–Crippen MR) is 146 cm³/mol. The van der Waals surface area contributed by atoms with E-state index in [0.717, 1.165) is 68.0 Å². The molecule has 196 valence electrons. The minimum Gasteiger partial charge on any atom is -0.393 e. The van der Waals surface area contributed by atoms with Gasteiger partial charge < -0.3 is 5.11 Å². The van der Waals surface area contributed by atoms with Gasteiger partial charge in [-0.1, -0.05) is 78.9 Å². The molecule has 0 aliphatic heterocycles. The van der Waals surface area contributed by atoms with Crippen LogP contribution in [0.1, 0.15) is 119 Å². The van der Waals surface area contributed by atoms with Crippen LogP contribution in [0.3, 0.4) is 0 Å². The van der Waals surface area contributed by atoms with E-state index in [1.165, 1.54) is 57.8 Å². The van der Waals surface area contributed by atoms with Crippen LogP contribution in [0.4, 0.5) is 0 Å². The van der Waals surface area contributed by atoms with Gasteiger partial charge in [0.1, 0.15) is 0 Å². The average molecular weight is 472 g/mol. The number of hydrogen-bond donors (Lipinski definition) is 1. The van der Waals surface area contributed by atoms with Gasteiger partial charge in [0.2, 0.25) is 0 Å². The first-order valence-electron chi connectivity index (χ1n) is 15.3. The summed E-state index contributed by atoms with van der Waals surface area (Å²) < 4.78 is 0. The lowest BCUT2D eigenvalue weighted by atomic mass is 9.46. The molecule has 0 aromatic heterocycles. The first-order chi connectivity index (χ1) is 16.1. The number of rotatable bonds is 9. The van der Waals surface area contributed by atoms with Crippen molar-refractivity contribution in [1.82, 2.24) is 4.90 Å². The van der Waals surface area contributed by atoms with E-state index in [0.29, 0.717) is 10.8 Å². The fourth-order valence-corrected chi connectivity index (χ4v) is 9.82. The zero-order valence-electron chi connectivity index (χ0n) is 23.8. The van der Waals surface area contributed by atoms with Gasteiger partial charge in [0.15, 0.2) is 0 Å². The minimum atomic E-state index is -0.109. The van der Waals surface area contributed by atoms with E-state index in [1.807, 2.05) is 0 Å². The lowest BCUT2D eigenvalue weighted by molar-refractivity contribution is -0.0605. The molecule has 3 fully saturated rings. The van der Waals surface area contributed by atoms with Gasteiger partial charge in [-0.3, -0.25) is 4.90 Å². The Morgan fingerprint density at radius 1 is 0.912 bits per heavy atom. The molecule has 0 saturated heterocycles. The van der Waals surface area contributed by atoms with Crippen molar-refractivity contribution in [1.29, 1.82) is 0 Å². The van der Waals surface area contributed by atoms with Crippen molar-refractivity contribution in [2.45, 2.75) is 125 Å². The summed E-state index contributed by atoms with van der Waals surface area (Å²) >= 11 is 0. The van der Waals surface area contributed by atoms with Crippen molar-refractivity contribution in [3.8, 4) is 0 Å². The highest BCUT2D eigenvalue weighted by atomic mass is 16.3. The molecule has 8 atom stereocenters. The molecular formula is C32H57NO. The third-order valence-corrected chi connectivity index (χ3v) is 11.8. The van der Waals surface area contributed by atoms with Gasteiger partial charge >= 0.3 is 0 Å². The maximum absolute atomic E-state index is 10.7. The third kappa shape index (κ3) is 4.81. The molecule has 0 aromatic carbocycles. The SMILES string of the molecule is CCN(CC)CC1=C2C[C@@H](O)CC[C@]2(C)[C@H]2CC[C@]3(C)C([C@H](C)CCCC(C)C)CC[C@H]3[C@@H]2C1. The molecule has 0 heterocycles. The zero-order valence-corrected chi connectivity index (χ0v) is 23.8. The monoisotopic (exact) mass is 471 g/mol. The van der Waals surface area contributed by atoms with E-state index < -0.39 is 0 Å². The number of hydrogen-bond acceptors (Lipinski definition) is 2. The highest BCUT2D eigenvalue weighted by Crippen LogP contribution is 2.68. The van der Waals surface area contributed by atoms with E-state index in [-0.39, 0.29) is 6.10 Å². The molecule has 0 spiro atoms. The Morgan fingerprint density at radius 2 is 1.65 bits per heavy atom. The summed E-state index contributed by atoms with van der Waals surface area (Å²) in [5, 5.41) is 10.7. The molecule has 4 aliphatic carbocycles. The van der Waals surface area contributed by atoms with Crippen molar-refractivity contribution in [3.63, 3.8) is 0 Å². The fraction of sp³-hybridized carbons (Fsp3) is 0.938. The Balaban J connectivity index is 1.59. The highest BCUT2D eigenvalue weighted by molar-refractivity contribution is 5.32. The van der Waals surface area contributed by atoms with E-state index in [1.54, 1.807) is 11.1 Å². The Morgan fingerprint density at radius 3 is 2.32 bits per heavy atom. The first-order valence-corrected chi connectivity index (χ1v) is 15.3. The molecule has 0 bridgehead atoms. The van der Waals surface area contributed by atoms with Crippen LogP contribution in [0.5, 0.6) is 0 Å². The van der Waals surface area contributed by atoms with Crippen LogP contribution in [-0.4, -0.2) is 35.7 Å². The molecule has 34 heavy (non-hydrogen) atoms. The average Bonchev–Trinajstić information content (AvgIpc) is 3.15. The largest absolute Gasteiger partial charge is 0.393 e. The lowest BCUT2D eigenvalue weighted by Crippen LogP contribution is -2.52. The molecule has 4 aliphatic rings. The molecule has 0 aromatic rings. The smallest absolute Gasteiger partial charge is 0.0578 e. The number of aliphatic hydroxyl groups is 1. The summed E-state index contributed by atoms with van der Waals surface area (Å²) in [7, 11) is 0. The normalized spacial score (nSPS) is 40.9. The molecule has 0 amide bonds. The van der Waals surface area contributed by atoms with Crippen LogP contribution in [0, 0.1) is 46.3 Å². The summed E-state index contributed by atoms with van der Waals surface area (Å²) in [6, 6.07) is 0. The van der Waals surface area contributed by atoms with Gasteiger partial charge in [-0.25, -0.2) is 0 Å². The van der Waals surface area contributed by atoms with Crippen LogP contribution in [0.25, 0.3) is 0 Å². The zero-order chi connectivity index (χ0) is 24.7. The highest BCUT2D eigenvalue weighted by Gasteiger charge is 2.60. The first kappa shape index (κ1) is 26.7. The molecule has 2 nitrogen and oxygen atoms in total. The van der Waals surface area contributed by atoms with E-state index >= 15 is 0 Å². The van der Waals surface area contributed by atoms with Crippen LogP contribution in [0.15, 0.2) is 11.1 Å². The Kier molecular flexibility index (Phi) is 8.30. The standard InChI is InChI=1S/C32H57NO/c1-8-33(9-2)21-24-19-26-28-14-13-27(23(5)12-10-11-22(3)4)31(28,6)18-16-29(26)32(7)17-15-25(34)20-30(24)32/h22-23,25-29,34H,8-21H2,1-7H3/t23-,25+,26+,27?,28+,29+,31-,32-/m1/s1. The molecular weight excluding hydrogens is 414 g/mol. The summed E-state index contributed by atoms with van der Waals surface area (Å²) in [5.41, 5.74) is 4.33. The topological polar surface area (TPSA) is 23.5 Å². The summed E-state index contributed by atoms with van der Waals surface area (Å²) in [6.07, 6.45) is 14.5. The third-order valence-electron chi connectivity index (χ3n) is 11.8. The van der Waals surface area contributed by atoms with Gasteiger partial charge in [0.25, 0.3) is 0 Å². The molecule has 4 rings (SSSR count). The summed E-state index contributed by atoms with van der Waals surface area (Å²) in [4.78, 5) is 2.63. The van der Waals surface area contributed by atoms with Crippen LogP contribution in [0.2, 0.25) is 0 Å². The lowest BCUT2D eigenvalue weighted by Gasteiger charge is -2.59.